The van der Waals surface area contributed by atoms with E-state index in [1.54, 1.807) is 12.3 Å². The predicted molar refractivity (Wildman–Crippen MR) is 41.5 cm³/mol. The van der Waals surface area contributed by atoms with Crippen LogP contribution in [0.2, 0.25) is 0 Å². The van der Waals surface area contributed by atoms with Crippen LogP contribution in [-0.2, 0) is 0 Å². The molecule has 0 atom stereocenters. The van der Waals surface area contributed by atoms with Crippen LogP contribution < -0.4 is 5.73 Å². The highest BCUT2D eigenvalue weighted by atomic mass is 16.1. The van der Waals surface area contributed by atoms with Gasteiger partial charge in [-0.1, -0.05) is 0 Å². The van der Waals surface area contributed by atoms with Crippen molar-refractivity contribution >= 4 is 11.6 Å². The van der Waals surface area contributed by atoms with Gasteiger partial charge in [-0.3, -0.25) is 4.79 Å². The van der Waals surface area contributed by atoms with E-state index in [4.69, 9.17) is 5.73 Å². The third-order valence-electron chi connectivity index (χ3n) is 1.54. The van der Waals surface area contributed by atoms with E-state index in [1.807, 2.05) is 0 Å². The molecule has 5 heteroatoms. The molecular formula is C7H6N4O. The van der Waals surface area contributed by atoms with Crippen LogP contribution in [0, 0.1) is 0 Å². The van der Waals surface area contributed by atoms with Gasteiger partial charge in [0.25, 0.3) is 5.91 Å². The van der Waals surface area contributed by atoms with Gasteiger partial charge in [-0.15, -0.1) is 0 Å². The second-order valence-corrected chi connectivity index (χ2v) is 2.30. The number of primary amides is 1. The van der Waals surface area contributed by atoms with Gasteiger partial charge in [0, 0.05) is 12.3 Å². The molecule has 2 aromatic heterocycles. The van der Waals surface area contributed by atoms with E-state index in [2.05, 4.69) is 10.1 Å². The molecule has 60 valence electrons. The number of rotatable bonds is 1. The second-order valence-electron chi connectivity index (χ2n) is 2.30. The van der Waals surface area contributed by atoms with Crippen molar-refractivity contribution in [3.63, 3.8) is 0 Å². The van der Waals surface area contributed by atoms with Gasteiger partial charge in [-0.05, 0) is 6.07 Å². The summed E-state index contributed by atoms with van der Waals surface area (Å²) in [5.74, 6) is -0.508. The maximum Gasteiger partial charge on any atom is 0.267 e. The molecule has 0 radical (unpaired) electrons. The lowest BCUT2D eigenvalue weighted by atomic mass is 10.4. The number of carbonyl (C=O) groups is 1. The van der Waals surface area contributed by atoms with Gasteiger partial charge in [0.15, 0.2) is 5.65 Å². The lowest BCUT2D eigenvalue weighted by Gasteiger charge is -1.97. The molecule has 5 nitrogen and oxygen atoms in total. The summed E-state index contributed by atoms with van der Waals surface area (Å²) >= 11 is 0. The fraction of sp³-hybridized carbons (Fsp3) is 0. The number of nitrogens with zero attached hydrogens (tertiary/aromatic N) is 3. The molecule has 0 aliphatic heterocycles. The Labute approximate surface area is 67.8 Å². The quantitative estimate of drug-likeness (QED) is 0.632. The number of amides is 1. The van der Waals surface area contributed by atoms with E-state index in [0.29, 0.717) is 11.3 Å². The minimum absolute atomic E-state index is 0.338. The summed E-state index contributed by atoms with van der Waals surface area (Å²) in [5, 5.41) is 3.89. The van der Waals surface area contributed by atoms with E-state index in [9.17, 15) is 4.79 Å². The van der Waals surface area contributed by atoms with Crippen molar-refractivity contribution in [3.8, 4) is 0 Å². The van der Waals surface area contributed by atoms with Gasteiger partial charge in [0.1, 0.15) is 5.69 Å². The summed E-state index contributed by atoms with van der Waals surface area (Å²) in [6.45, 7) is 0. The van der Waals surface area contributed by atoms with E-state index in [0.717, 1.165) is 0 Å². The molecule has 0 aliphatic rings. The molecule has 2 rings (SSSR count). The lowest BCUT2D eigenvalue weighted by Crippen LogP contribution is -2.16. The van der Waals surface area contributed by atoms with Crippen LogP contribution in [0.3, 0.4) is 0 Å². The molecule has 2 heterocycles. The molecule has 0 fully saturated rings. The third kappa shape index (κ3) is 0.833. The molecule has 2 aromatic rings. The minimum Gasteiger partial charge on any atom is -0.364 e. The van der Waals surface area contributed by atoms with Crippen molar-refractivity contribution in [1.29, 1.82) is 0 Å². The van der Waals surface area contributed by atoms with E-state index in [-0.39, 0.29) is 0 Å². The van der Waals surface area contributed by atoms with Crippen LogP contribution in [0.1, 0.15) is 10.5 Å². The van der Waals surface area contributed by atoms with Crippen molar-refractivity contribution in [2.24, 2.45) is 5.73 Å². The first-order valence-electron chi connectivity index (χ1n) is 3.37. The Morgan fingerprint density at radius 3 is 3.00 bits per heavy atom. The van der Waals surface area contributed by atoms with Crippen molar-refractivity contribution in [3.05, 3.63) is 30.2 Å². The molecule has 12 heavy (non-hydrogen) atoms. The zero-order valence-corrected chi connectivity index (χ0v) is 6.14. The number of nitrogens with two attached hydrogens (primary N) is 1. The Kier molecular flexibility index (Phi) is 1.30. The summed E-state index contributed by atoms with van der Waals surface area (Å²) in [5.41, 5.74) is 6.07. The van der Waals surface area contributed by atoms with Gasteiger partial charge >= 0.3 is 0 Å². The van der Waals surface area contributed by atoms with Crippen molar-refractivity contribution in [2.45, 2.75) is 0 Å². The fourth-order valence-corrected chi connectivity index (χ4v) is 1.02. The molecule has 1 amide bonds. The Balaban J connectivity index is 2.82. The van der Waals surface area contributed by atoms with Gasteiger partial charge in [0.05, 0.1) is 6.20 Å². The van der Waals surface area contributed by atoms with Crippen LogP contribution in [-0.4, -0.2) is 20.5 Å². The summed E-state index contributed by atoms with van der Waals surface area (Å²) in [6.07, 6.45) is 3.09. The highest BCUT2D eigenvalue weighted by Gasteiger charge is 2.05. The Morgan fingerprint density at radius 2 is 2.25 bits per heavy atom. The Hall–Kier alpha value is -1.91. The first kappa shape index (κ1) is 6.78. The Bertz CT molecular complexity index is 434. The number of carbonyl (C=O) groups excluding carboxylic acids is 1. The van der Waals surface area contributed by atoms with Crippen LogP contribution in [0.4, 0.5) is 0 Å². The average Bonchev–Trinajstić information content (AvgIpc) is 2.49. The van der Waals surface area contributed by atoms with Gasteiger partial charge in [0.2, 0.25) is 0 Å². The average molecular weight is 162 g/mol. The second kappa shape index (κ2) is 2.30. The maximum atomic E-state index is 10.8. The topological polar surface area (TPSA) is 73.3 Å². The number of fused-ring (bicyclic) bond motifs is 1. The standard InChI is InChI=1S/C7H6N4O/c8-7(12)5-1-3-9-6-2-4-10-11(5)6/h1-4H,(H2,8,12). The first-order valence-corrected chi connectivity index (χ1v) is 3.37. The van der Waals surface area contributed by atoms with E-state index >= 15 is 0 Å². The van der Waals surface area contributed by atoms with Gasteiger partial charge < -0.3 is 5.73 Å². The molecule has 0 saturated heterocycles. The number of aromatic nitrogens is 3. The van der Waals surface area contributed by atoms with Gasteiger partial charge in [-0.25, -0.2) is 9.50 Å². The van der Waals surface area contributed by atoms with Crippen molar-refractivity contribution in [1.82, 2.24) is 14.6 Å². The van der Waals surface area contributed by atoms with Crippen molar-refractivity contribution < 1.29 is 4.79 Å². The minimum atomic E-state index is -0.508. The zero-order valence-electron chi connectivity index (χ0n) is 6.14. The molecule has 0 spiro atoms. The maximum absolute atomic E-state index is 10.8. The fourth-order valence-electron chi connectivity index (χ4n) is 1.02. The predicted octanol–water partition coefficient (Wildman–Crippen LogP) is -0.172. The SMILES string of the molecule is NC(=O)c1ccnc2ccnn12. The molecular weight excluding hydrogens is 156 g/mol. The molecule has 2 N–H and O–H groups in total. The van der Waals surface area contributed by atoms with Crippen LogP contribution in [0.15, 0.2) is 24.5 Å². The third-order valence-corrected chi connectivity index (χ3v) is 1.54. The summed E-state index contributed by atoms with van der Waals surface area (Å²) in [7, 11) is 0. The summed E-state index contributed by atoms with van der Waals surface area (Å²) < 4.78 is 1.41. The van der Waals surface area contributed by atoms with Crippen LogP contribution in [0.5, 0.6) is 0 Å². The molecule has 0 unspecified atom stereocenters. The highest BCUT2D eigenvalue weighted by Crippen LogP contribution is 2.01. The highest BCUT2D eigenvalue weighted by molar-refractivity contribution is 5.91. The molecule has 0 saturated carbocycles. The lowest BCUT2D eigenvalue weighted by molar-refractivity contribution is 0.0993. The normalized spacial score (nSPS) is 10.3. The van der Waals surface area contributed by atoms with E-state index in [1.165, 1.54) is 16.8 Å². The summed E-state index contributed by atoms with van der Waals surface area (Å²) in [4.78, 5) is 14.8. The smallest absolute Gasteiger partial charge is 0.267 e. The number of hydrogen-bond acceptors (Lipinski definition) is 3. The zero-order chi connectivity index (χ0) is 8.55. The van der Waals surface area contributed by atoms with Crippen LogP contribution in [0.25, 0.3) is 5.65 Å². The monoisotopic (exact) mass is 162 g/mol. The molecule has 0 aliphatic carbocycles. The van der Waals surface area contributed by atoms with Gasteiger partial charge in [-0.2, -0.15) is 5.10 Å². The molecule has 0 bridgehead atoms. The van der Waals surface area contributed by atoms with Crippen molar-refractivity contribution in [2.75, 3.05) is 0 Å². The molecule has 0 aromatic carbocycles. The first-order chi connectivity index (χ1) is 5.79. The summed E-state index contributed by atoms with van der Waals surface area (Å²) in [6, 6.07) is 3.23. The van der Waals surface area contributed by atoms with E-state index < -0.39 is 5.91 Å². The largest absolute Gasteiger partial charge is 0.364 e. The Morgan fingerprint density at radius 1 is 1.42 bits per heavy atom. The number of hydrogen-bond donors (Lipinski definition) is 1. The van der Waals surface area contributed by atoms with Crippen LogP contribution >= 0.6 is 0 Å².